The lowest BCUT2D eigenvalue weighted by molar-refractivity contribution is 0.0694. The standard InChI is InChI=1S/C33H26O5Si/c1-23-22-26(16-21-31(23)34)38-33(37)25-14-19-30(20-15-25)39(27-8-4-2-5-9-27,28-10-6-3-7-11-28)29-17-12-24(13-18-29)32(35)36/h2-22,34H,1H3,(H,35,36). The summed E-state index contributed by atoms with van der Waals surface area (Å²) in [6.07, 6.45) is 0. The van der Waals surface area contributed by atoms with E-state index in [1.807, 2.05) is 60.7 Å². The van der Waals surface area contributed by atoms with Gasteiger partial charge in [-0.1, -0.05) is 84.9 Å². The fourth-order valence-electron chi connectivity index (χ4n) is 4.95. The number of carbonyl (C=O) groups is 2. The zero-order valence-corrected chi connectivity index (χ0v) is 22.2. The second kappa shape index (κ2) is 10.8. The molecule has 0 aromatic heterocycles. The summed E-state index contributed by atoms with van der Waals surface area (Å²) in [5.74, 6) is -0.974. The Labute approximate surface area is 227 Å². The normalized spacial score (nSPS) is 11.1. The number of aromatic hydroxyl groups is 1. The first-order valence-electron chi connectivity index (χ1n) is 12.5. The van der Waals surface area contributed by atoms with E-state index in [0.717, 1.165) is 20.7 Å². The predicted molar refractivity (Wildman–Crippen MR) is 155 cm³/mol. The summed E-state index contributed by atoms with van der Waals surface area (Å²) < 4.78 is 5.56. The second-order valence-electron chi connectivity index (χ2n) is 9.28. The lowest BCUT2D eigenvalue weighted by Gasteiger charge is -2.34. The van der Waals surface area contributed by atoms with Crippen molar-refractivity contribution in [3.8, 4) is 11.5 Å². The highest BCUT2D eigenvalue weighted by Gasteiger charge is 2.41. The van der Waals surface area contributed by atoms with Crippen molar-refractivity contribution >= 4 is 40.8 Å². The van der Waals surface area contributed by atoms with Crippen LogP contribution in [0, 0.1) is 6.92 Å². The van der Waals surface area contributed by atoms with Gasteiger partial charge >= 0.3 is 11.9 Å². The molecule has 0 aliphatic rings. The van der Waals surface area contributed by atoms with Gasteiger partial charge in [0.05, 0.1) is 11.1 Å². The maximum Gasteiger partial charge on any atom is 0.343 e. The smallest absolute Gasteiger partial charge is 0.343 e. The number of carboxylic acid groups (broad SMARTS) is 1. The molecule has 0 radical (unpaired) electrons. The molecule has 0 bridgehead atoms. The van der Waals surface area contributed by atoms with E-state index in [2.05, 4.69) is 24.3 Å². The van der Waals surface area contributed by atoms with Crippen molar-refractivity contribution in [3.63, 3.8) is 0 Å². The minimum absolute atomic E-state index is 0.138. The maximum absolute atomic E-state index is 13.0. The van der Waals surface area contributed by atoms with Gasteiger partial charge < -0.3 is 14.9 Å². The SMILES string of the molecule is Cc1cc(OC(=O)c2ccc([Si](c3ccccc3)(c3ccccc3)c3ccc(C(=O)O)cc3)cc2)ccc1O. The summed E-state index contributed by atoms with van der Waals surface area (Å²) in [4.78, 5) is 24.5. The van der Waals surface area contributed by atoms with Gasteiger partial charge in [0.2, 0.25) is 0 Å². The molecule has 0 spiro atoms. The van der Waals surface area contributed by atoms with Gasteiger partial charge in [0.15, 0.2) is 8.07 Å². The summed E-state index contributed by atoms with van der Waals surface area (Å²) in [5.41, 5.74) is 1.24. The molecule has 0 atom stereocenters. The predicted octanol–water partition coefficient (Wildman–Crippen LogP) is 4.00. The molecule has 0 aliphatic carbocycles. The fourth-order valence-corrected chi connectivity index (χ4v) is 9.67. The minimum atomic E-state index is -2.88. The number of carbonyl (C=O) groups excluding carboxylic acids is 1. The third-order valence-corrected chi connectivity index (χ3v) is 11.7. The van der Waals surface area contributed by atoms with Crippen LogP contribution in [-0.4, -0.2) is 30.2 Å². The molecular weight excluding hydrogens is 504 g/mol. The van der Waals surface area contributed by atoms with E-state index >= 15 is 0 Å². The van der Waals surface area contributed by atoms with Crippen LogP contribution in [0.5, 0.6) is 11.5 Å². The number of rotatable bonds is 7. The first-order valence-corrected chi connectivity index (χ1v) is 14.5. The van der Waals surface area contributed by atoms with Gasteiger partial charge in [-0.25, -0.2) is 9.59 Å². The van der Waals surface area contributed by atoms with Gasteiger partial charge in [-0.15, -0.1) is 0 Å². The molecule has 6 heteroatoms. The van der Waals surface area contributed by atoms with Crippen LogP contribution in [0.2, 0.25) is 0 Å². The Morgan fingerprint density at radius 3 is 1.54 bits per heavy atom. The average molecular weight is 531 g/mol. The fraction of sp³-hybridized carbons (Fsp3) is 0.0303. The minimum Gasteiger partial charge on any atom is -0.508 e. The van der Waals surface area contributed by atoms with Crippen LogP contribution in [0.25, 0.3) is 0 Å². The summed E-state index contributed by atoms with van der Waals surface area (Å²) in [7, 11) is -2.88. The van der Waals surface area contributed by atoms with Crippen molar-refractivity contribution in [2.75, 3.05) is 0 Å². The summed E-state index contributed by atoms with van der Waals surface area (Å²) in [6.45, 7) is 1.74. The van der Waals surface area contributed by atoms with Crippen molar-refractivity contribution in [2.24, 2.45) is 0 Å². The lowest BCUT2D eigenvalue weighted by Crippen LogP contribution is -2.74. The number of hydrogen-bond acceptors (Lipinski definition) is 4. The Morgan fingerprint density at radius 2 is 1.08 bits per heavy atom. The van der Waals surface area contributed by atoms with Crippen LogP contribution >= 0.6 is 0 Å². The van der Waals surface area contributed by atoms with Gasteiger partial charge in [0, 0.05) is 0 Å². The van der Waals surface area contributed by atoms with Crippen LogP contribution in [0.4, 0.5) is 0 Å². The zero-order chi connectivity index (χ0) is 27.4. The van der Waals surface area contributed by atoms with Crippen LogP contribution < -0.4 is 25.5 Å². The quantitative estimate of drug-likeness (QED) is 0.144. The number of carboxylic acids is 1. The highest BCUT2D eigenvalue weighted by atomic mass is 28.3. The van der Waals surface area contributed by atoms with Crippen molar-refractivity contribution in [1.29, 1.82) is 0 Å². The molecule has 0 heterocycles. The van der Waals surface area contributed by atoms with E-state index in [1.54, 1.807) is 43.3 Å². The summed E-state index contributed by atoms with van der Waals surface area (Å²) >= 11 is 0. The Morgan fingerprint density at radius 1 is 0.615 bits per heavy atom. The third-order valence-electron chi connectivity index (χ3n) is 6.91. The average Bonchev–Trinajstić information content (AvgIpc) is 2.97. The number of ether oxygens (including phenoxy) is 1. The Bertz CT molecular complexity index is 1570. The summed E-state index contributed by atoms with van der Waals surface area (Å²) in [5, 5.41) is 23.6. The molecule has 5 nitrogen and oxygen atoms in total. The van der Waals surface area contributed by atoms with E-state index in [0.29, 0.717) is 16.9 Å². The van der Waals surface area contributed by atoms with Gasteiger partial charge in [0.25, 0.3) is 0 Å². The molecule has 5 rings (SSSR count). The molecule has 0 amide bonds. The Hall–Kier alpha value is -4.94. The Kier molecular flexibility index (Phi) is 7.12. The van der Waals surface area contributed by atoms with Crippen molar-refractivity contribution < 1.29 is 24.5 Å². The number of benzene rings is 5. The largest absolute Gasteiger partial charge is 0.508 e. The highest BCUT2D eigenvalue weighted by molar-refractivity contribution is 7.19. The van der Waals surface area contributed by atoms with E-state index < -0.39 is 20.0 Å². The van der Waals surface area contributed by atoms with Gasteiger partial charge in [-0.05, 0) is 75.7 Å². The van der Waals surface area contributed by atoms with Crippen LogP contribution in [0.3, 0.4) is 0 Å². The lowest BCUT2D eigenvalue weighted by atomic mass is 10.2. The molecule has 0 aliphatic heterocycles. The molecule has 192 valence electrons. The molecular formula is C33H26O5Si. The zero-order valence-electron chi connectivity index (χ0n) is 21.2. The molecule has 5 aromatic carbocycles. The van der Waals surface area contributed by atoms with Gasteiger partial charge in [-0.2, -0.15) is 0 Å². The first kappa shape index (κ1) is 25.7. The second-order valence-corrected chi connectivity index (χ2v) is 13.1. The molecule has 0 fully saturated rings. The van der Waals surface area contributed by atoms with Crippen molar-refractivity contribution in [3.05, 3.63) is 144 Å². The van der Waals surface area contributed by atoms with Crippen molar-refractivity contribution in [1.82, 2.24) is 0 Å². The molecule has 2 N–H and O–H groups in total. The van der Waals surface area contributed by atoms with Crippen LogP contribution in [0.1, 0.15) is 26.3 Å². The number of esters is 1. The Balaban J connectivity index is 1.63. The van der Waals surface area contributed by atoms with E-state index in [9.17, 15) is 19.8 Å². The molecule has 39 heavy (non-hydrogen) atoms. The molecule has 0 saturated carbocycles. The van der Waals surface area contributed by atoms with Gasteiger partial charge in [-0.3, -0.25) is 0 Å². The first-order chi connectivity index (χ1) is 18.9. The number of aryl methyl sites for hydroxylation is 1. The monoisotopic (exact) mass is 530 g/mol. The topological polar surface area (TPSA) is 83.8 Å². The number of phenolic OH excluding ortho intramolecular Hbond substituents is 1. The number of aromatic carboxylic acids is 1. The van der Waals surface area contributed by atoms with Crippen LogP contribution in [0.15, 0.2) is 127 Å². The van der Waals surface area contributed by atoms with Crippen molar-refractivity contribution in [2.45, 2.75) is 6.92 Å². The third kappa shape index (κ3) is 4.97. The van der Waals surface area contributed by atoms with Crippen LogP contribution in [-0.2, 0) is 0 Å². The van der Waals surface area contributed by atoms with Gasteiger partial charge in [0.1, 0.15) is 11.5 Å². The molecule has 0 unspecified atom stereocenters. The summed E-state index contributed by atoms with van der Waals surface area (Å²) in [6, 6.07) is 39.7. The maximum atomic E-state index is 13.0. The number of phenols is 1. The van der Waals surface area contributed by atoms with E-state index in [-0.39, 0.29) is 11.3 Å². The molecule has 0 saturated heterocycles. The molecule has 5 aromatic rings. The van der Waals surface area contributed by atoms with E-state index in [1.165, 1.54) is 6.07 Å². The van der Waals surface area contributed by atoms with E-state index in [4.69, 9.17) is 4.74 Å². The number of hydrogen-bond donors (Lipinski definition) is 2. The highest BCUT2D eigenvalue weighted by Crippen LogP contribution is 2.22.